The minimum absolute atomic E-state index is 0.476. The van der Waals surface area contributed by atoms with Gasteiger partial charge in [-0.2, -0.15) is 0 Å². The number of aromatic nitrogens is 1. The predicted octanol–water partition coefficient (Wildman–Crippen LogP) is 3.43. The first kappa shape index (κ1) is 17.2. The number of pyridine rings is 1. The fourth-order valence-electron chi connectivity index (χ4n) is 1.62. The number of hydrogen-bond donors (Lipinski definition) is 1. The maximum atomic E-state index is 6.15. The van der Waals surface area contributed by atoms with Gasteiger partial charge in [-0.1, -0.05) is 31.9 Å². The quantitative estimate of drug-likeness (QED) is 0.636. The zero-order valence-electron chi connectivity index (χ0n) is 12.5. The molecule has 0 aliphatic rings. The average molecular weight is 301 g/mol. The van der Waals surface area contributed by atoms with Gasteiger partial charge in [0.15, 0.2) is 0 Å². The number of nitrogens with zero attached hydrogens (tertiary/aromatic N) is 1. The molecule has 114 valence electrons. The van der Waals surface area contributed by atoms with E-state index in [9.17, 15) is 0 Å². The van der Waals surface area contributed by atoms with E-state index >= 15 is 0 Å². The van der Waals surface area contributed by atoms with Crippen LogP contribution < -0.4 is 10.1 Å². The van der Waals surface area contributed by atoms with E-state index in [1.54, 1.807) is 6.20 Å². The van der Waals surface area contributed by atoms with Gasteiger partial charge in [0.25, 0.3) is 0 Å². The smallest absolute Gasteiger partial charge is 0.232 e. The van der Waals surface area contributed by atoms with Crippen LogP contribution in [0.4, 0.5) is 0 Å². The van der Waals surface area contributed by atoms with Gasteiger partial charge in [-0.25, -0.2) is 4.98 Å². The third kappa shape index (κ3) is 7.08. The van der Waals surface area contributed by atoms with E-state index < -0.39 is 0 Å². The molecule has 0 bridgehead atoms. The molecule has 0 fully saturated rings. The lowest BCUT2D eigenvalue weighted by Crippen LogP contribution is -2.14. The summed E-state index contributed by atoms with van der Waals surface area (Å²) in [6.07, 6.45) is 5.13. The van der Waals surface area contributed by atoms with Crippen LogP contribution in [-0.2, 0) is 11.3 Å². The topological polar surface area (TPSA) is 43.4 Å². The van der Waals surface area contributed by atoms with Crippen molar-refractivity contribution in [3.05, 3.63) is 22.8 Å². The molecule has 1 rings (SSSR count). The second-order valence-corrected chi connectivity index (χ2v) is 5.03. The van der Waals surface area contributed by atoms with E-state index in [4.69, 9.17) is 21.1 Å². The van der Waals surface area contributed by atoms with Crippen molar-refractivity contribution in [3.8, 4) is 5.88 Å². The number of halogens is 1. The molecule has 4 nitrogen and oxygen atoms in total. The van der Waals surface area contributed by atoms with E-state index in [1.165, 1.54) is 0 Å². The highest BCUT2D eigenvalue weighted by Crippen LogP contribution is 2.22. The number of hydrogen-bond acceptors (Lipinski definition) is 4. The molecule has 0 aromatic carbocycles. The van der Waals surface area contributed by atoms with Gasteiger partial charge >= 0.3 is 0 Å². The van der Waals surface area contributed by atoms with E-state index in [-0.39, 0.29) is 0 Å². The molecule has 0 saturated carbocycles. The number of unbranched alkanes of at least 4 members (excludes halogenated alkanes) is 1. The van der Waals surface area contributed by atoms with Crippen molar-refractivity contribution in [2.24, 2.45) is 0 Å². The second-order valence-electron chi connectivity index (χ2n) is 4.62. The number of nitrogens with one attached hydrogen (secondary N) is 1. The minimum atomic E-state index is 0.476. The van der Waals surface area contributed by atoms with Crippen LogP contribution in [0.25, 0.3) is 0 Å². The highest BCUT2D eigenvalue weighted by atomic mass is 35.5. The largest absolute Gasteiger partial charge is 0.474 e. The summed E-state index contributed by atoms with van der Waals surface area (Å²) < 4.78 is 10.9. The van der Waals surface area contributed by atoms with Crippen molar-refractivity contribution in [1.82, 2.24) is 10.3 Å². The van der Waals surface area contributed by atoms with Crippen LogP contribution in [-0.4, -0.2) is 31.3 Å². The Morgan fingerprint density at radius 2 is 2.05 bits per heavy atom. The van der Waals surface area contributed by atoms with Gasteiger partial charge in [-0.3, -0.25) is 0 Å². The third-order valence-corrected chi connectivity index (χ3v) is 3.00. The van der Waals surface area contributed by atoms with Crippen LogP contribution in [0.3, 0.4) is 0 Å². The van der Waals surface area contributed by atoms with Crippen LogP contribution in [0.2, 0.25) is 5.02 Å². The molecule has 0 saturated heterocycles. The zero-order chi connectivity index (χ0) is 14.6. The molecule has 5 heteroatoms. The van der Waals surface area contributed by atoms with Gasteiger partial charge < -0.3 is 14.8 Å². The van der Waals surface area contributed by atoms with E-state index in [1.807, 2.05) is 6.07 Å². The van der Waals surface area contributed by atoms with Crippen molar-refractivity contribution in [1.29, 1.82) is 0 Å². The van der Waals surface area contributed by atoms with Crippen molar-refractivity contribution < 1.29 is 9.47 Å². The molecule has 0 aliphatic carbocycles. The monoisotopic (exact) mass is 300 g/mol. The Kier molecular flexibility index (Phi) is 9.37. The normalized spacial score (nSPS) is 10.8. The molecular formula is C15H25ClN2O2. The number of ether oxygens (including phenoxy) is 2. The lowest BCUT2D eigenvalue weighted by molar-refractivity contribution is 0.0965. The second kappa shape index (κ2) is 10.9. The molecule has 1 N–H and O–H groups in total. The molecule has 0 spiro atoms. The van der Waals surface area contributed by atoms with Gasteiger partial charge in [0.05, 0.1) is 6.61 Å². The first-order valence-electron chi connectivity index (χ1n) is 7.33. The molecule has 1 aromatic rings. The maximum Gasteiger partial charge on any atom is 0.232 e. The lowest BCUT2D eigenvalue weighted by atomic mass is 10.3. The average Bonchev–Trinajstić information content (AvgIpc) is 2.45. The summed E-state index contributed by atoms with van der Waals surface area (Å²) in [5.74, 6) is 0.477. The summed E-state index contributed by atoms with van der Waals surface area (Å²) in [6, 6.07) is 1.89. The van der Waals surface area contributed by atoms with Crippen LogP contribution in [0.15, 0.2) is 12.3 Å². The summed E-state index contributed by atoms with van der Waals surface area (Å²) in [4.78, 5) is 4.24. The molecule has 1 heterocycles. The molecule has 0 aliphatic heterocycles. The predicted molar refractivity (Wildman–Crippen MR) is 82.5 cm³/mol. The van der Waals surface area contributed by atoms with Crippen molar-refractivity contribution in [3.63, 3.8) is 0 Å². The highest BCUT2D eigenvalue weighted by Gasteiger charge is 2.04. The molecular weight excluding hydrogens is 276 g/mol. The van der Waals surface area contributed by atoms with Crippen molar-refractivity contribution in [2.75, 3.05) is 26.4 Å². The Labute approximate surface area is 126 Å². The van der Waals surface area contributed by atoms with Crippen molar-refractivity contribution in [2.45, 2.75) is 39.7 Å². The number of rotatable bonds is 11. The van der Waals surface area contributed by atoms with Gasteiger partial charge in [-0.15, -0.1) is 0 Å². The molecule has 0 radical (unpaired) electrons. The summed E-state index contributed by atoms with van der Waals surface area (Å²) in [5, 5.41) is 3.86. The SMILES string of the molecule is CCCCOCCOc1ncc(CNCCC)cc1Cl. The van der Waals surface area contributed by atoms with E-state index in [2.05, 4.69) is 24.1 Å². The molecule has 0 amide bonds. The zero-order valence-corrected chi connectivity index (χ0v) is 13.2. The van der Waals surface area contributed by atoms with Gasteiger partial charge in [0.2, 0.25) is 5.88 Å². The Morgan fingerprint density at radius 3 is 2.75 bits per heavy atom. The summed E-state index contributed by atoms with van der Waals surface area (Å²) in [6.45, 7) is 7.87. The molecule has 0 unspecified atom stereocenters. The van der Waals surface area contributed by atoms with Gasteiger partial charge in [0, 0.05) is 19.3 Å². The standard InChI is InChI=1S/C15H25ClN2O2/c1-3-5-7-19-8-9-20-15-14(16)10-13(12-18-15)11-17-6-4-2/h10,12,17H,3-9,11H2,1-2H3. The van der Waals surface area contributed by atoms with Crippen molar-refractivity contribution >= 4 is 11.6 Å². The fourth-order valence-corrected chi connectivity index (χ4v) is 1.87. The van der Waals surface area contributed by atoms with E-state index in [0.717, 1.165) is 44.5 Å². The van der Waals surface area contributed by atoms with Crippen LogP contribution in [0.5, 0.6) is 5.88 Å². The highest BCUT2D eigenvalue weighted by molar-refractivity contribution is 6.31. The maximum absolute atomic E-state index is 6.15. The fraction of sp³-hybridized carbons (Fsp3) is 0.667. The Morgan fingerprint density at radius 1 is 1.20 bits per heavy atom. The first-order chi connectivity index (χ1) is 9.77. The summed E-state index contributed by atoms with van der Waals surface area (Å²) in [7, 11) is 0. The third-order valence-electron chi connectivity index (χ3n) is 2.73. The van der Waals surface area contributed by atoms with E-state index in [0.29, 0.717) is 24.1 Å². The minimum Gasteiger partial charge on any atom is -0.474 e. The lowest BCUT2D eigenvalue weighted by Gasteiger charge is -2.09. The molecule has 20 heavy (non-hydrogen) atoms. The van der Waals surface area contributed by atoms with Gasteiger partial charge in [-0.05, 0) is 31.0 Å². The van der Waals surface area contributed by atoms with Crippen LogP contribution >= 0.6 is 11.6 Å². The van der Waals surface area contributed by atoms with Crippen LogP contribution in [0.1, 0.15) is 38.7 Å². The van der Waals surface area contributed by atoms with Gasteiger partial charge in [0.1, 0.15) is 11.6 Å². The van der Waals surface area contributed by atoms with Crippen LogP contribution in [0, 0.1) is 0 Å². The first-order valence-corrected chi connectivity index (χ1v) is 7.71. The summed E-state index contributed by atoms with van der Waals surface area (Å²) >= 11 is 6.15. The Balaban J connectivity index is 2.28. The molecule has 0 atom stereocenters. The summed E-state index contributed by atoms with van der Waals surface area (Å²) in [5.41, 5.74) is 1.06. The molecule has 1 aromatic heterocycles. The Hall–Kier alpha value is -0.840. The Bertz CT molecular complexity index is 375.